The molecule has 0 fully saturated rings. The molecule has 0 saturated heterocycles. The highest BCUT2D eigenvalue weighted by atomic mass is 16.2. The molecule has 0 unspecified atom stereocenters. The summed E-state index contributed by atoms with van der Waals surface area (Å²) in [6.45, 7) is 0.442. The van der Waals surface area contributed by atoms with Gasteiger partial charge in [0, 0.05) is 33.3 Å². The summed E-state index contributed by atoms with van der Waals surface area (Å²) < 4.78 is 0. The lowest BCUT2D eigenvalue weighted by molar-refractivity contribution is -0.121. The minimum atomic E-state index is -0.445. The predicted octanol–water partition coefficient (Wildman–Crippen LogP) is 0.367. The van der Waals surface area contributed by atoms with Gasteiger partial charge in [0.25, 0.3) is 11.8 Å². The molecule has 0 spiro atoms. The quantitative estimate of drug-likeness (QED) is 0.537. The van der Waals surface area contributed by atoms with Gasteiger partial charge in [0.05, 0.1) is 23.0 Å². The Bertz CT molecular complexity index is 848. The molecular weight excluding hydrogens is 348 g/mol. The van der Waals surface area contributed by atoms with E-state index >= 15 is 0 Å². The Labute approximate surface area is 156 Å². The Morgan fingerprint density at radius 3 is 2.41 bits per heavy atom. The monoisotopic (exact) mass is 368 g/mol. The summed E-state index contributed by atoms with van der Waals surface area (Å²) in [5.41, 5.74) is 1.56. The average molecular weight is 368 g/mol. The van der Waals surface area contributed by atoms with E-state index in [0.717, 1.165) is 10.6 Å². The van der Waals surface area contributed by atoms with Crippen LogP contribution < -0.4 is 15.5 Å². The summed E-state index contributed by atoms with van der Waals surface area (Å²) >= 11 is 0. The van der Waals surface area contributed by atoms with Gasteiger partial charge in [-0.05, 0) is 12.1 Å². The number of carbonyl (C=O) groups is 3. The first kappa shape index (κ1) is 18.3. The maximum atomic E-state index is 12.2. The fourth-order valence-electron chi connectivity index (χ4n) is 2.66. The molecule has 3 amide bonds. The van der Waals surface area contributed by atoms with Gasteiger partial charge >= 0.3 is 0 Å². The van der Waals surface area contributed by atoms with Crippen molar-refractivity contribution in [2.75, 3.05) is 43.9 Å². The number of rotatable bonds is 7. The van der Waals surface area contributed by atoms with E-state index in [-0.39, 0.29) is 6.54 Å². The molecule has 9 nitrogen and oxygen atoms in total. The summed E-state index contributed by atoms with van der Waals surface area (Å²) in [6, 6.07) is 8.38. The highest BCUT2D eigenvalue weighted by Gasteiger charge is 2.36. The number of nitrogens with zero attached hydrogens (tertiary/aromatic N) is 4. The average Bonchev–Trinajstić information content (AvgIpc) is 2.91. The molecular formula is C18H20N6O3. The molecule has 9 heteroatoms. The van der Waals surface area contributed by atoms with Gasteiger partial charge in [-0.2, -0.15) is 5.10 Å². The second-order valence-electron chi connectivity index (χ2n) is 6.21. The molecule has 0 bridgehead atoms. The van der Waals surface area contributed by atoms with Crippen LogP contribution in [0.15, 0.2) is 36.5 Å². The molecule has 2 heterocycles. The molecule has 0 aliphatic carbocycles. The minimum Gasteiger partial charge on any atom is -0.376 e. The van der Waals surface area contributed by atoms with E-state index in [4.69, 9.17) is 0 Å². The zero-order chi connectivity index (χ0) is 19.4. The molecule has 27 heavy (non-hydrogen) atoms. The standard InChI is InChI=1S/C18H20N6O3/c1-23(2)12-9-15(22-21-10-12)19-7-8-20-16(25)11-24-17(26)13-5-3-4-6-14(13)18(24)27/h3-6,9-10H,7-8,11H2,1-2H3,(H,19,22)(H,20,25). The third kappa shape index (κ3) is 4.02. The van der Waals surface area contributed by atoms with Gasteiger partial charge in [0.1, 0.15) is 6.54 Å². The summed E-state index contributed by atoms with van der Waals surface area (Å²) in [6.07, 6.45) is 1.65. The van der Waals surface area contributed by atoms with E-state index in [2.05, 4.69) is 20.8 Å². The summed E-state index contributed by atoms with van der Waals surface area (Å²) in [5, 5.41) is 13.6. The SMILES string of the molecule is CN(C)c1cnnc(NCCNC(=O)CN2C(=O)c3ccccc3C2=O)c1. The number of fused-ring (bicyclic) bond motifs is 1. The molecule has 2 N–H and O–H groups in total. The van der Waals surface area contributed by atoms with Crippen molar-refractivity contribution >= 4 is 29.2 Å². The van der Waals surface area contributed by atoms with Crippen LogP contribution in [0, 0.1) is 0 Å². The largest absolute Gasteiger partial charge is 0.376 e. The molecule has 1 aliphatic heterocycles. The van der Waals surface area contributed by atoms with Gasteiger partial charge in [0.15, 0.2) is 5.82 Å². The summed E-state index contributed by atoms with van der Waals surface area (Å²) in [4.78, 5) is 39.4. The van der Waals surface area contributed by atoms with E-state index in [1.54, 1.807) is 30.5 Å². The summed E-state index contributed by atoms with van der Waals surface area (Å²) in [7, 11) is 3.81. The van der Waals surface area contributed by atoms with E-state index in [1.165, 1.54) is 0 Å². The van der Waals surface area contributed by atoms with E-state index in [0.29, 0.717) is 30.0 Å². The Morgan fingerprint density at radius 1 is 1.11 bits per heavy atom. The lowest BCUT2D eigenvalue weighted by Crippen LogP contribution is -2.41. The normalized spacial score (nSPS) is 12.7. The fraction of sp³-hybridized carbons (Fsp3) is 0.278. The van der Waals surface area contributed by atoms with Crippen LogP contribution in [0.1, 0.15) is 20.7 Å². The van der Waals surface area contributed by atoms with Gasteiger partial charge in [-0.15, -0.1) is 5.10 Å². The molecule has 0 saturated carbocycles. The lowest BCUT2D eigenvalue weighted by Gasteiger charge is -2.14. The van der Waals surface area contributed by atoms with Crippen molar-refractivity contribution in [3.63, 3.8) is 0 Å². The van der Waals surface area contributed by atoms with Crippen LogP contribution in [0.4, 0.5) is 11.5 Å². The number of nitrogens with one attached hydrogen (secondary N) is 2. The van der Waals surface area contributed by atoms with Crippen molar-refractivity contribution in [3.8, 4) is 0 Å². The van der Waals surface area contributed by atoms with Crippen molar-refractivity contribution in [1.29, 1.82) is 0 Å². The molecule has 1 aromatic carbocycles. The number of imide groups is 1. The van der Waals surface area contributed by atoms with Gasteiger partial charge in [-0.1, -0.05) is 12.1 Å². The lowest BCUT2D eigenvalue weighted by atomic mass is 10.1. The van der Waals surface area contributed by atoms with Gasteiger partial charge < -0.3 is 15.5 Å². The predicted molar refractivity (Wildman–Crippen MR) is 99.7 cm³/mol. The zero-order valence-corrected chi connectivity index (χ0v) is 15.1. The highest BCUT2D eigenvalue weighted by Crippen LogP contribution is 2.21. The second-order valence-corrected chi connectivity index (χ2v) is 6.21. The molecule has 0 radical (unpaired) electrons. The highest BCUT2D eigenvalue weighted by molar-refractivity contribution is 6.22. The van der Waals surface area contributed by atoms with Crippen molar-refractivity contribution in [2.24, 2.45) is 0 Å². The number of carbonyl (C=O) groups excluding carboxylic acids is 3. The minimum absolute atomic E-state index is 0.303. The number of hydrogen-bond acceptors (Lipinski definition) is 7. The third-order valence-corrected chi connectivity index (χ3v) is 4.09. The van der Waals surface area contributed by atoms with Gasteiger partial charge in [-0.3, -0.25) is 19.3 Å². The topological polar surface area (TPSA) is 108 Å². The maximum Gasteiger partial charge on any atom is 0.262 e. The number of benzene rings is 1. The van der Waals surface area contributed by atoms with E-state index < -0.39 is 17.7 Å². The van der Waals surface area contributed by atoms with Crippen LogP contribution in [0.3, 0.4) is 0 Å². The van der Waals surface area contributed by atoms with Crippen LogP contribution >= 0.6 is 0 Å². The molecule has 0 atom stereocenters. The van der Waals surface area contributed by atoms with Crippen molar-refractivity contribution in [1.82, 2.24) is 20.4 Å². The number of hydrogen-bond donors (Lipinski definition) is 2. The zero-order valence-electron chi connectivity index (χ0n) is 15.1. The van der Waals surface area contributed by atoms with Crippen LogP contribution in [0.2, 0.25) is 0 Å². The maximum absolute atomic E-state index is 12.2. The molecule has 3 rings (SSSR count). The van der Waals surface area contributed by atoms with E-state index in [1.807, 2.05) is 25.1 Å². The fourth-order valence-corrected chi connectivity index (χ4v) is 2.66. The first-order chi connectivity index (χ1) is 13.0. The van der Waals surface area contributed by atoms with Crippen molar-refractivity contribution < 1.29 is 14.4 Å². The third-order valence-electron chi connectivity index (χ3n) is 4.09. The van der Waals surface area contributed by atoms with Crippen molar-refractivity contribution in [3.05, 3.63) is 47.7 Å². The first-order valence-corrected chi connectivity index (χ1v) is 8.43. The van der Waals surface area contributed by atoms with Crippen LogP contribution in [-0.4, -0.2) is 66.5 Å². The number of aromatic nitrogens is 2. The van der Waals surface area contributed by atoms with Crippen LogP contribution in [0.25, 0.3) is 0 Å². The molecule has 2 aromatic rings. The second kappa shape index (κ2) is 7.81. The van der Waals surface area contributed by atoms with E-state index in [9.17, 15) is 14.4 Å². The molecule has 1 aromatic heterocycles. The Morgan fingerprint density at radius 2 is 1.78 bits per heavy atom. The smallest absolute Gasteiger partial charge is 0.262 e. The van der Waals surface area contributed by atoms with Gasteiger partial charge in [0.2, 0.25) is 5.91 Å². The Balaban J connectivity index is 1.46. The number of anilines is 2. The van der Waals surface area contributed by atoms with Gasteiger partial charge in [-0.25, -0.2) is 0 Å². The Kier molecular flexibility index (Phi) is 5.30. The first-order valence-electron chi connectivity index (χ1n) is 8.43. The molecule has 140 valence electrons. The summed E-state index contributed by atoms with van der Waals surface area (Å²) in [5.74, 6) is -0.700. The Hall–Kier alpha value is -3.49. The van der Waals surface area contributed by atoms with Crippen LogP contribution in [-0.2, 0) is 4.79 Å². The van der Waals surface area contributed by atoms with Crippen LogP contribution in [0.5, 0.6) is 0 Å². The number of amides is 3. The molecule has 1 aliphatic rings. The van der Waals surface area contributed by atoms with Crippen molar-refractivity contribution in [2.45, 2.75) is 0 Å².